The summed E-state index contributed by atoms with van der Waals surface area (Å²) in [5.41, 5.74) is 0.837. The Kier molecular flexibility index (Phi) is 1.63. The lowest BCUT2D eigenvalue weighted by Gasteiger charge is -2.22. The van der Waals surface area contributed by atoms with Crippen molar-refractivity contribution in [1.82, 2.24) is 0 Å². The first-order valence-electron chi connectivity index (χ1n) is 3.90. The summed E-state index contributed by atoms with van der Waals surface area (Å²) < 4.78 is 4.78. The highest BCUT2D eigenvalue weighted by Crippen LogP contribution is 2.25. The summed E-state index contributed by atoms with van der Waals surface area (Å²) in [7, 11) is 0. The molecule has 1 atom stereocenters. The van der Waals surface area contributed by atoms with E-state index in [2.05, 4.69) is 0 Å². The maximum Gasteiger partial charge on any atom is 0.406 e. The van der Waals surface area contributed by atoms with Crippen molar-refractivity contribution >= 4 is 12.2 Å². The molecule has 0 fully saturated rings. The average Bonchev–Trinajstić information content (AvgIpc) is 2.39. The van der Waals surface area contributed by atoms with Crippen LogP contribution < -0.4 is 5.46 Å². The molecule has 1 aliphatic heterocycles. The lowest BCUT2D eigenvalue weighted by molar-refractivity contribution is 0.147. The first-order valence-corrected chi connectivity index (χ1v) is 3.90. The van der Waals surface area contributed by atoms with Crippen LogP contribution in [0.4, 0.5) is 0 Å². The Labute approximate surface area is 75.0 Å². The van der Waals surface area contributed by atoms with Gasteiger partial charge in [0.15, 0.2) is 0 Å². The van der Waals surface area contributed by atoms with Gasteiger partial charge in [-0.05, 0) is 5.56 Å². The molecular formula is C8H7BNO3-. The number of nitriles is 1. The predicted octanol–water partition coefficient (Wildman–Crippen LogP) is -0.588. The van der Waals surface area contributed by atoms with Gasteiger partial charge in [-0.25, -0.2) is 0 Å². The molecule has 0 unspecified atom stereocenters. The molecule has 0 saturated heterocycles. The van der Waals surface area contributed by atoms with Gasteiger partial charge in [-0.15, -0.1) is 5.46 Å². The van der Waals surface area contributed by atoms with E-state index in [0.717, 1.165) is 0 Å². The van der Waals surface area contributed by atoms with E-state index < -0.39 is 12.9 Å². The molecule has 0 spiro atoms. The Morgan fingerprint density at radius 3 is 2.77 bits per heavy atom. The van der Waals surface area contributed by atoms with Crippen LogP contribution in [0, 0.1) is 11.3 Å². The van der Waals surface area contributed by atoms with E-state index in [1.807, 2.05) is 6.07 Å². The maximum atomic E-state index is 9.39. The molecule has 5 heteroatoms. The van der Waals surface area contributed by atoms with Crippen LogP contribution in [-0.2, 0) is 4.65 Å². The standard InChI is InChI=1S/C8H7BNO3/c10-5-8-6-3-1-2-4-7(6)9(11,12)13-8/h1-4,8,11-12H/q-1/t8-/m0/s1. The lowest BCUT2D eigenvalue weighted by Crippen LogP contribution is -2.47. The molecule has 0 amide bonds. The van der Waals surface area contributed by atoms with E-state index in [1.54, 1.807) is 24.3 Å². The molecule has 2 N–H and O–H groups in total. The Morgan fingerprint density at radius 1 is 1.38 bits per heavy atom. The largest absolute Gasteiger partial charge is 0.556 e. The summed E-state index contributed by atoms with van der Waals surface area (Å²) >= 11 is 0. The zero-order chi connectivity index (χ0) is 9.47. The van der Waals surface area contributed by atoms with Crippen molar-refractivity contribution in [3.05, 3.63) is 29.8 Å². The minimum absolute atomic E-state index is 0.300. The summed E-state index contributed by atoms with van der Waals surface area (Å²) in [5, 5.41) is 27.4. The molecule has 0 saturated carbocycles. The Morgan fingerprint density at radius 2 is 2.08 bits per heavy atom. The third-order valence-electron chi connectivity index (χ3n) is 2.13. The van der Waals surface area contributed by atoms with Crippen molar-refractivity contribution in [3.63, 3.8) is 0 Å². The van der Waals surface area contributed by atoms with Gasteiger partial charge in [0.25, 0.3) is 0 Å². The molecule has 2 rings (SSSR count). The van der Waals surface area contributed by atoms with Crippen molar-refractivity contribution in [2.75, 3.05) is 0 Å². The second kappa shape index (κ2) is 2.57. The van der Waals surface area contributed by atoms with Gasteiger partial charge in [0.05, 0.1) is 6.07 Å². The third-order valence-corrected chi connectivity index (χ3v) is 2.13. The van der Waals surface area contributed by atoms with E-state index in [9.17, 15) is 10.0 Å². The summed E-state index contributed by atoms with van der Waals surface area (Å²) in [6.07, 6.45) is -0.869. The molecule has 66 valence electrons. The fraction of sp³-hybridized carbons (Fsp3) is 0.125. The van der Waals surface area contributed by atoms with Crippen molar-refractivity contribution in [2.45, 2.75) is 6.10 Å². The average molecular weight is 176 g/mol. The summed E-state index contributed by atoms with van der Waals surface area (Å²) in [6.45, 7) is -2.97. The summed E-state index contributed by atoms with van der Waals surface area (Å²) in [4.78, 5) is 0. The van der Waals surface area contributed by atoms with E-state index in [0.29, 0.717) is 11.0 Å². The Hall–Kier alpha value is -1.35. The molecule has 0 aromatic heterocycles. The predicted molar refractivity (Wildman–Crippen MR) is 45.7 cm³/mol. The molecule has 0 aliphatic carbocycles. The van der Waals surface area contributed by atoms with Crippen LogP contribution in [0.25, 0.3) is 0 Å². The van der Waals surface area contributed by atoms with E-state index >= 15 is 0 Å². The quantitative estimate of drug-likeness (QED) is 0.518. The van der Waals surface area contributed by atoms with E-state index in [4.69, 9.17) is 9.92 Å². The van der Waals surface area contributed by atoms with E-state index in [1.165, 1.54) is 0 Å². The highest BCUT2D eigenvalue weighted by Gasteiger charge is 2.37. The lowest BCUT2D eigenvalue weighted by atomic mass is 9.71. The second-order valence-electron chi connectivity index (χ2n) is 2.98. The molecule has 0 radical (unpaired) electrons. The van der Waals surface area contributed by atoms with Crippen molar-refractivity contribution < 1.29 is 14.7 Å². The van der Waals surface area contributed by atoms with E-state index in [-0.39, 0.29) is 0 Å². The molecule has 1 heterocycles. The normalized spacial score (nSPS) is 23.6. The smallest absolute Gasteiger partial charge is 0.406 e. The highest BCUT2D eigenvalue weighted by atomic mass is 16.6. The maximum absolute atomic E-state index is 9.39. The number of fused-ring (bicyclic) bond motifs is 1. The molecular weight excluding hydrogens is 169 g/mol. The van der Waals surface area contributed by atoms with Crippen LogP contribution in [0.15, 0.2) is 24.3 Å². The number of nitrogens with zero attached hydrogens (tertiary/aromatic N) is 1. The topological polar surface area (TPSA) is 73.5 Å². The van der Waals surface area contributed by atoms with Gasteiger partial charge in [0.2, 0.25) is 0 Å². The number of hydrogen-bond donors (Lipinski definition) is 2. The van der Waals surface area contributed by atoms with Crippen LogP contribution in [0.3, 0.4) is 0 Å². The van der Waals surface area contributed by atoms with Gasteiger partial charge in [-0.1, -0.05) is 24.3 Å². The monoisotopic (exact) mass is 176 g/mol. The second-order valence-corrected chi connectivity index (χ2v) is 2.98. The Balaban J connectivity index is 2.58. The molecule has 1 aliphatic rings. The van der Waals surface area contributed by atoms with Crippen LogP contribution >= 0.6 is 0 Å². The molecule has 0 bridgehead atoms. The van der Waals surface area contributed by atoms with Gasteiger partial charge in [0.1, 0.15) is 6.10 Å². The zero-order valence-corrected chi connectivity index (χ0v) is 6.71. The van der Waals surface area contributed by atoms with Gasteiger partial charge < -0.3 is 14.7 Å². The fourth-order valence-corrected chi connectivity index (χ4v) is 1.53. The molecule has 13 heavy (non-hydrogen) atoms. The molecule has 4 nitrogen and oxygen atoms in total. The van der Waals surface area contributed by atoms with Gasteiger partial charge in [-0.2, -0.15) is 5.26 Å². The minimum Gasteiger partial charge on any atom is -0.556 e. The number of hydrogen-bond acceptors (Lipinski definition) is 4. The number of benzene rings is 1. The fourth-order valence-electron chi connectivity index (χ4n) is 1.53. The van der Waals surface area contributed by atoms with Crippen LogP contribution in [0.2, 0.25) is 0 Å². The van der Waals surface area contributed by atoms with Gasteiger partial charge >= 0.3 is 6.75 Å². The third kappa shape index (κ3) is 1.12. The highest BCUT2D eigenvalue weighted by molar-refractivity contribution is 6.74. The van der Waals surface area contributed by atoms with Gasteiger partial charge in [-0.3, -0.25) is 0 Å². The van der Waals surface area contributed by atoms with Crippen LogP contribution in [0.5, 0.6) is 0 Å². The first kappa shape index (κ1) is 8.26. The molecule has 1 aromatic rings. The summed E-state index contributed by atoms with van der Waals surface area (Å²) in [5.74, 6) is 0. The SMILES string of the molecule is N#C[C@@H]1O[B-](O)(O)c2ccccc21. The van der Waals surface area contributed by atoms with Crippen LogP contribution in [-0.4, -0.2) is 16.8 Å². The molecule has 1 aromatic carbocycles. The zero-order valence-electron chi connectivity index (χ0n) is 6.71. The van der Waals surface area contributed by atoms with Gasteiger partial charge in [0, 0.05) is 0 Å². The van der Waals surface area contributed by atoms with Crippen molar-refractivity contribution in [2.24, 2.45) is 0 Å². The van der Waals surface area contributed by atoms with Crippen molar-refractivity contribution in [1.29, 1.82) is 5.26 Å². The first-order chi connectivity index (χ1) is 6.15. The summed E-state index contributed by atoms with van der Waals surface area (Å²) in [6, 6.07) is 8.45. The number of rotatable bonds is 0. The van der Waals surface area contributed by atoms with Crippen LogP contribution in [0.1, 0.15) is 11.7 Å². The minimum atomic E-state index is -2.97. The van der Waals surface area contributed by atoms with Crippen molar-refractivity contribution in [3.8, 4) is 6.07 Å². The Bertz CT molecular complexity index is 385.